The fourth-order valence-corrected chi connectivity index (χ4v) is 4.70. The Morgan fingerprint density at radius 2 is 1.87 bits per heavy atom. The van der Waals surface area contributed by atoms with Crippen molar-refractivity contribution in [1.82, 2.24) is 24.8 Å². The van der Waals surface area contributed by atoms with E-state index in [2.05, 4.69) is 28.2 Å². The van der Waals surface area contributed by atoms with Gasteiger partial charge < -0.3 is 10.2 Å². The van der Waals surface area contributed by atoms with Crippen LogP contribution < -0.4 is 10.2 Å². The number of imidazole rings is 1. The third-order valence-corrected chi connectivity index (χ3v) is 6.17. The number of fused-ring (bicyclic) bond motifs is 3. The van der Waals surface area contributed by atoms with E-state index in [-0.39, 0.29) is 5.82 Å². The second kappa shape index (κ2) is 6.60. The summed E-state index contributed by atoms with van der Waals surface area (Å²) in [6.45, 7) is 4.07. The summed E-state index contributed by atoms with van der Waals surface area (Å²) in [5, 5.41) is 3.55. The summed E-state index contributed by atoms with van der Waals surface area (Å²) in [4.78, 5) is 16.6. The third-order valence-electron chi connectivity index (χ3n) is 6.17. The number of anilines is 1. The highest BCUT2D eigenvalue weighted by atomic mass is 19.1. The van der Waals surface area contributed by atoms with Gasteiger partial charge in [0, 0.05) is 43.1 Å². The first kappa shape index (κ1) is 17.5. The molecule has 1 aromatic carbocycles. The van der Waals surface area contributed by atoms with Crippen LogP contribution in [0.4, 0.5) is 10.2 Å². The molecule has 2 bridgehead atoms. The van der Waals surface area contributed by atoms with Gasteiger partial charge in [0.2, 0.25) is 0 Å². The Bertz CT molecular complexity index is 1230. The summed E-state index contributed by atoms with van der Waals surface area (Å²) in [5.41, 5.74) is 4.53. The molecule has 0 saturated carbocycles. The van der Waals surface area contributed by atoms with Gasteiger partial charge in [-0.25, -0.2) is 14.4 Å². The first-order valence-electron chi connectivity index (χ1n) is 10.2. The van der Waals surface area contributed by atoms with E-state index in [1.54, 1.807) is 24.5 Å². The molecule has 6 rings (SSSR count). The van der Waals surface area contributed by atoms with Crippen molar-refractivity contribution >= 4 is 17.0 Å². The van der Waals surface area contributed by atoms with E-state index in [9.17, 15) is 4.39 Å². The molecular weight excluding hydrogens is 379 g/mol. The molecule has 30 heavy (non-hydrogen) atoms. The Morgan fingerprint density at radius 3 is 2.57 bits per heavy atom. The molecule has 2 aliphatic rings. The number of benzene rings is 1. The topological polar surface area (TPSA) is 58.9 Å². The van der Waals surface area contributed by atoms with Crippen molar-refractivity contribution in [3.8, 4) is 17.1 Å². The maximum atomic E-state index is 13.5. The fourth-order valence-electron chi connectivity index (χ4n) is 4.70. The molecule has 1 N–H and O–H groups in total. The smallest absolute Gasteiger partial charge is 0.167 e. The van der Waals surface area contributed by atoms with Crippen LogP contribution in [-0.4, -0.2) is 44.7 Å². The molecular formula is C23H21FN6. The zero-order valence-corrected chi connectivity index (χ0v) is 16.6. The van der Waals surface area contributed by atoms with E-state index < -0.39 is 0 Å². The molecule has 3 aromatic heterocycles. The standard InChI is InChI=1S/C23H21FN6/c1-14-10-20(29-13-17-11-19(29)12-26-17)27-23-21(14)28-22(15-2-4-16(24)5-3-15)30(23)18-6-8-25-9-7-18/h2-10,17,19,26H,11-13H2,1H3. The highest BCUT2D eigenvalue weighted by Gasteiger charge is 2.38. The van der Waals surface area contributed by atoms with Crippen molar-refractivity contribution in [2.45, 2.75) is 25.4 Å². The first-order chi connectivity index (χ1) is 14.7. The molecule has 0 aliphatic carbocycles. The van der Waals surface area contributed by atoms with E-state index in [4.69, 9.17) is 9.97 Å². The number of piperazine rings is 1. The lowest BCUT2D eigenvalue weighted by Crippen LogP contribution is -2.44. The Kier molecular flexibility index (Phi) is 3.86. The molecule has 5 heterocycles. The normalized spacial score (nSPS) is 20.4. The van der Waals surface area contributed by atoms with Gasteiger partial charge in [-0.1, -0.05) is 0 Å². The van der Waals surface area contributed by atoms with E-state index in [0.29, 0.717) is 12.1 Å². The quantitative estimate of drug-likeness (QED) is 0.571. The van der Waals surface area contributed by atoms with Crippen LogP contribution in [0.1, 0.15) is 12.0 Å². The number of pyridine rings is 2. The van der Waals surface area contributed by atoms with Gasteiger partial charge in [-0.15, -0.1) is 0 Å². The summed E-state index contributed by atoms with van der Waals surface area (Å²) < 4.78 is 15.6. The molecule has 0 radical (unpaired) electrons. The first-order valence-corrected chi connectivity index (χ1v) is 10.2. The summed E-state index contributed by atoms with van der Waals surface area (Å²) >= 11 is 0. The van der Waals surface area contributed by atoms with E-state index >= 15 is 0 Å². The number of aryl methyl sites for hydroxylation is 1. The monoisotopic (exact) mass is 400 g/mol. The average Bonchev–Trinajstić information content (AvgIpc) is 3.49. The van der Waals surface area contributed by atoms with Crippen molar-refractivity contribution in [3.63, 3.8) is 0 Å². The molecule has 6 nitrogen and oxygen atoms in total. The van der Waals surface area contributed by atoms with Crippen LogP contribution in [0.2, 0.25) is 0 Å². The number of aromatic nitrogens is 4. The molecule has 150 valence electrons. The van der Waals surface area contributed by atoms with E-state index in [0.717, 1.165) is 52.7 Å². The number of hydrogen-bond acceptors (Lipinski definition) is 5. The molecule has 0 spiro atoms. The Labute approximate surface area is 173 Å². The Hall–Kier alpha value is -3.32. The van der Waals surface area contributed by atoms with Gasteiger partial charge in [0.1, 0.15) is 23.0 Å². The number of halogens is 1. The number of rotatable bonds is 3. The number of nitrogens with one attached hydrogen (secondary N) is 1. The van der Waals surface area contributed by atoms with E-state index in [1.807, 2.05) is 16.7 Å². The lowest BCUT2D eigenvalue weighted by Gasteiger charge is -2.28. The molecule has 7 heteroatoms. The zero-order chi connectivity index (χ0) is 20.2. The van der Waals surface area contributed by atoms with Gasteiger partial charge in [0.15, 0.2) is 5.65 Å². The SMILES string of the molecule is Cc1cc(N2CC3CC2CN3)nc2c1nc(-c1ccc(F)cc1)n2-c1ccncc1. The summed E-state index contributed by atoms with van der Waals surface area (Å²) in [5.74, 6) is 1.48. The molecule has 2 aliphatic heterocycles. The van der Waals surface area contributed by atoms with Crippen LogP contribution in [0.25, 0.3) is 28.2 Å². The van der Waals surface area contributed by atoms with Gasteiger partial charge >= 0.3 is 0 Å². The van der Waals surface area contributed by atoms with Gasteiger partial charge in [-0.05, 0) is 61.4 Å². The Balaban J connectivity index is 1.59. The van der Waals surface area contributed by atoms with Gasteiger partial charge in [0.25, 0.3) is 0 Å². The number of nitrogens with zero attached hydrogens (tertiary/aromatic N) is 5. The molecule has 0 amide bonds. The lowest BCUT2D eigenvalue weighted by atomic mass is 10.2. The van der Waals surface area contributed by atoms with Crippen molar-refractivity contribution in [3.05, 3.63) is 66.2 Å². The molecule has 2 unspecified atom stereocenters. The lowest BCUT2D eigenvalue weighted by molar-refractivity contribution is 0.576. The third kappa shape index (κ3) is 2.69. The van der Waals surface area contributed by atoms with Crippen LogP contribution in [0.3, 0.4) is 0 Å². The van der Waals surface area contributed by atoms with Crippen molar-refractivity contribution < 1.29 is 4.39 Å². The molecule has 4 aromatic rings. The summed E-state index contributed by atoms with van der Waals surface area (Å²) in [6.07, 6.45) is 4.69. The maximum absolute atomic E-state index is 13.5. The van der Waals surface area contributed by atoms with Gasteiger partial charge in [-0.3, -0.25) is 9.55 Å². The highest BCUT2D eigenvalue weighted by Crippen LogP contribution is 2.34. The average molecular weight is 400 g/mol. The highest BCUT2D eigenvalue weighted by molar-refractivity contribution is 5.84. The maximum Gasteiger partial charge on any atom is 0.167 e. The molecule has 2 saturated heterocycles. The predicted octanol–water partition coefficient (Wildman–Crippen LogP) is 3.48. The van der Waals surface area contributed by atoms with Crippen LogP contribution in [0.5, 0.6) is 0 Å². The molecule has 2 fully saturated rings. The van der Waals surface area contributed by atoms with Gasteiger partial charge in [0.05, 0.1) is 5.69 Å². The minimum atomic E-state index is -0.264. The second-order valence-corrected chi connectivity index (χ2v) is 8.10. The van der Waals surface area contributed by atoms with Gasteiger partial charge in [-0.2, -0.15) is 0 Å². The van der Waals surface area contributed by atoms with Crippen molar-refractivity contribution in [2.24, 2.45) is 0 Å². The predicted molar refractivity (Wildman–Crippen MR) is 114 cm³/mol. The molecule has 2 atom stereocenters. The summed E-state index contributed by atoms with van der Waals surface area (Å²) in [7, 11) is 0. The second-order valence-electron chi connectivity index (χ2n) is 8.10. The van der Waals surface area contributed by atoms with Crippen LogP contribution in [-0.2, 0) is 0 Å². The zero-order valence-electron chi connectivity index (χ0n) is 16.6. The minimum absolute atomic E-state index is 0.264. The van der Waals surface area contributed by atoms with Crippen LogP contribution in [0, 0.1) is 12.7 Å². The number of hydrogen-bond donors (Lipinski definition) is 1. The fraction of sp³-hybridized carbons (Fsp3) is 0.261. The summed E-state index contributed by atoms with van der Waals surface area (Å²) in [6, 6.07) is 13.5. The Morgan fingerprint density at radius 1 is 1.07 bits per heavy atom. The van der Waals surface area contributed by atoms with Crippen LogP contribution in [0.15, 0.2) is 54.9 Å². The van der Waals surface area contributed by atoms with Crippen LogP contribution >= 0.6 is 0 Å². The van der Waals surface area contributed by atoms with Crippen molar-refractivity contribution in [1.29, 1.82) is 0 Å². The van der Waals surface area contributed by atoms with E-state index in [1.165, 1.54) is 18.6 Å². The van der Waals surface area contributed by atoms with Crippen molar-refractivity contribution in [2.75, 3.05) is 18.0 Å². The minimum Gasteiger partial charge on any atom is -0.351 e. The largest absolute Gasteiger partial charge is 0.351 e.